The number of benzene rings is 3. The quantitative estimate of drug-likeness (QED) is 0.556. The summed E-state index contributed by atoms with van der Waals surface area (Å²) in [6.07, 6.45) is 0.0954. The molecule has 3 aromatic rings. The lowest BCUT2D eigenvalue weighted by Crippen LogP contribution is -2.28. The summed E-state index contributed by atoms with van der Waals surface area (Å²) in [7, 11) is -2.18. The molecule has 0 bridgehead atoms. The first kappa shape index (κ1) is 22.3. The van der Waals surface area contributed by atoms with E-state index in [1.54, 1.807) is 72.7 Å². The van der Waals surface area contributed by atoms with Crippen LogP contribution in [0.15, 0.2) is 83.8 Å². The molecule has 0 saturated carbocycles. The molecule has 9 heteroatoms. The van der Waals surface area contributed by atoms with Gasteiger partial charge in [0.1, 0.15) is 5.75 Å². The Hall–Kier alpha value is -3.85. The lowest BCUT2D eigenvalue weighted by Gasteiger charge is -2.17. The fourth-order valence-electron chi connectivity index (χ4n) is 3.61. The molecule has 0 spiro atoms. The van der Waals surface area contributed by atoms with E-state index >= 15 is 0 Å². The average Bonchev–Trinajstić information content (AvgIpc) is 3.21. The summed E-state index contributed by atoms with van der Waals surface area (Å²) in [4.78, 5) is 27.0. The van der Waals surface area contributed by atoms with Crippen molar-refractivity contribution in [1.29, 1.82) is 0 Å². The molecule has 1 saturated heterocycles. The van der Waals surface area contributed by atoms with Crippen molar-refractivity contribution in [3.8, 4) is 5.75 Å². The predicted octanol–water partition coefficient (Wildman–Crippen LogP) is 3.49. The van der Waals surface area contributed by atoms with Crippen LogP contribution in [-0.2, 0) is 19.6 Å². The molecule has 1 fully saturated rings. The first-order valence-electron chi connectivity index (χ1n) is 10.3. The van der Waals surface area contributed by atoms with Gasteiger partial charge < -0.3 is 15.0 Å². The molecule has 2 N–H and O–H groups in total. The third-order valence-electron chi connectivity index (χ3n) is 5.32. The summed E-state index contributed by atoms with van der Waals surface area (Å²) in [5, 5.41) is 2.79. The molecule has 1 aliphatic rings. The Bertz CT molecular complexity index is 1260. The molecule has 170 valence electrons. The van der Waals surface area contributed by atoms with Gasteiger partial charge in [-0.25, -0.2) is 8.42 Å². The zero-order valence-electron chi connectivity index (χ0n) is 17.9. The SMILES string of the molecule is COc1ccc(N2CC(C(=O)Nc3cccc(NS(=O)(=O)c4ccccc4)c3)CC2=O)cc1. The fraction of sp³-hybridized carbons (Fsp3) is 0.167. The van der Waals surface area contributed by atoms with Gasteiger partial charge in [-0.05, 0) is 54.6 Å². The molecule has 0 aromatic heterocycles. The number of amides is 2. The highest BCUT2D eigenvalue weighted by Crippen LogP contribution is 2.28. The van der Waals surface area contributed by atoms with E-state index in [9.17, 15) is 18.0 Å². The number of nitrogens with one attached hydrogen (secondary N) is 2. The molecule has 1 unspecified atom stereocenters. The Kier molecular flexibility index (Phi) is 6.32. The molecular weight excluding hydrogens is 442 g/mol. The van der Waals surface area contributed by atoms with Crippen LogP contribution in [0, 0.1) is 5.92 Å². The number of carbonyl (C=O) groups excluding carboxylic acids is 2. The minimum Gasteiger partial charge on any atom is -0.497 e. The van der Waals surface area contributed by atoms with Crippen molar-refractivity contribution in [2.24, 2.45) is 5.92 Å². The normalized spacial score (nSPS) is 15.8. The molecule has 3 aromatic carbocycles. The van der Waals surface area contributed by atoms with Crippen molar-refractivity contribution >= 4 is 38.9 Å². The average molecular weight is 466 g/mol. The van der Waals surface area contributed by atoms with Gasteiger partial charge >= 0.3 is 0 Å². The Morgan fingerprint density at radius 2 is 1.67 bits per heavy atom. The lowest BCUT2D eigenvalue weighted by molar-refractivity contribution is -0.122. The Labute approximate surface area is 192 Å². The van der Waals surface area contributed by atoms with E-state index in [1.165, 1.54) is 18.2 Å². The third kappa shape index (κ3) is 5.15. The summed E-state index contributed by atoms with van der Waals surface area (Å²) >= 11 is 0. The van der Waals surface area contributed by atoms with Crippen molar-refractivity contribution in [1.82, 2.24) is 0 Å². The van der Waals surface area contributed by atoms with Crippen LogP contribution in [0.4, 0.5) is 17.1 Å². The molecule has 1 heterocycles. The van der Waals surface area contributed by atoms with E-state index in [0.29, 0.717) is 22.8 Å². The van der Waals surface area contributed by atoms with Crippen LogP contribution >= 0.6 is 0 Å². The monoisotopic (exact) mass is 465 g/mol. The minimum atomic E-state index is -3.75. The number of sulfonamides is 1. The summed E-state index contributed by atoms with van der Waals surface area (Å²) in [5.74, 6) is -0.279. The van der Waals surface area contributed by atoms with Gasteiger partial charge in [0.2, 0.25) is 11.8 Å². The predicted molar refractivity (Wildman–Crippen MR) is 126 cm³/mol. The number of hydrogen-bond acceptors (Lipinski definition) is 5. The highest BCUT2D eigenvalue weighted by molar-refractivity contribution is 7.92. The number of carbonyl (C=O) groups is 2. The van der Waals surface area contributed by atoms with Gasteiger partial charge in [-0.3, -0.25) is 14.3 Å². The van der Waals surface area contributed by atoms with Crippen molar-refractivity contribution < 1.29 is 22.7 Å². The molecule has 2 amide bonds. The van der Waals surface area contributed by atoms with Crippen LogP contribution in [0.25, 0.3) is 0 Å². The fourth-order valence-corrected chi connectivity index (χ4v) is 4.68. The topological polar surface area (TPSA) is 105 Å². The van der Waals surface area contributed by atoms with Crippen LogP contribution in [0.1, 0.15) is 6.42 Å². The first-order chi connectivity index (χ1) is 15.9. The van der Waals surface area contributed by atoms with E-state index in [4.69, 9.17) is 4.74 Å². The Morgan fingerprint density at radius 1 is 0.970 bits per heavy atom. The number of ether oxygens (including phenoxy) is 1. The number of hydrogen-bond donors (Lipinski definition) is 2. The molecule has 1 atom stereocenters. The number of nitrogens with zero attached hydrogens (tertiary/aromatic N) is 1. The van der Waals surface area contributed by atoms with Crippen molar-refractivity contribution in [2.75, 3.05) is 28.6 Å². The van der Waals surface area contributed by atoms with Crippen LogP contribution < -0.4 is 19.7 Å². The maximum atomic E-state index is 12.8. The summed E-state index contributed by atoms with van der Waals surface area (Å²) in [6, 6.07) is 21.5. The third-order valence-corrected chi connectivity index (χ3v) is 6.71. The second-order valence-electron chi connectivity index (χ2n) is 7.59. The van der Waals surface area contributed by atoms with Gasteiger partial charge in [-0.1, -0.05) is 24.3 Å². The van der Waals surface area contributed by atoms with Gasteiger partial charge in [-0.15, -0.1) is 0 Å². The Morgan fingerprint density at radius 3 is 2.36 bits per heavy atom. The Balaban J connectivity index is 1.42. The van der Waals surface area contributed by atoms with Crippen LogP contribution in [-0.4, -0.2) is 33.9 Å². The summed E-state index contributed by atoms with van der Waals surface area (Å²) in [5.41, 5.74) is 1.45. The lowest BCUT2D eigenvalue weighted by atomic mass is 10.1. The van der Waals surface area contributed by atoms with Gasteiger partial charge in [-0.2, -0.15) is 0 Å². The zero-order valence-corrected chi connectivity index (χ0v) is 18.7. The second-order valence-corrected chi connectivity index (χ2v) is 9.27. The molecule has 4 rings (SSSR count). The van der Waals surface area contributed by atoms with Crippen molar-refractivity contribution in [3.05, 3.63) is 78.9 Å². The van der Waals surface area contributed by atoms with Crippen LogP contribution in [0.5, 0.6) is 5.75 Å². The van der Waals surface area contributed by atoms with E-state index in [-0.39, 0.29) is 29.7 Å². The van der Waals surface area contributed by atoms with Gasteiger partial charge in [0.15, 0.2) is 0 Å². The molecule has 0 radical (unpaired) electrons. The highest BCUT2D eigenvalue weighted by Gasteiger charge is 2.35. The molecule has 8 nitrogen and oxygen atoms in total. The first-order valence-corrected chi connectivity index (χ1v) is 11.8. The van der Waals surface area contributed by atoms with E-state index in [2.05, 4.69) is 10.0 Å². The van der Waals surface area contributed by atoms with Crippen LogP contribution in [0.3, 0.4) is 0 Å². The molecule has 0 aliphatic carbocycles. The maximum absolute atomic E-state index is 12.8. The maximum Gasteiger partial charge on any atom is 0.261 e. The highest BCUT2D eigenvalue weighted by atomic mass is 32.2. The number of rotatable bonds is 7. The van der Waals surface area contributed by atoms with Crippen molar-refractivity contribution in [3.63, 3.8) is 0 Å². The van der Waals surface area contributed by atoms with Gasteiger partial charge in [0.05, 0.1) is 23.6 Å². The summed E-state index contributed by atoms with van der Waals surface area (Å²) < 4.78 is 32.7. The molecular formula is C24H23N3O5S. The summed E-state index contributed by atoms with van der Waals surface area (Å²) in [6.45, 7) is 0.261. The second kappa shape index (κ2) is 9.33. The largest absolute Gasteiger partial charge is 0.497 e. The zero-order chi connectivity index (χ0) is 23.4. The van der Waals surface area contributed by atoms with Gasteiger partial charge in [0.25, 0.3) is 10.0 Å². The van der Waals surface area contributed by atoms with E-state index < -0.39 is 15.9 Å². The smallest absolute Gasteiger partial charge is 0.261 e. The molecule has 1 aliphatic heterocycles. The van der Waals surface area contributed by atoms with Crippen molar-refractivity contribution in [2.45, 2.75) is 11.3 Å². The standard InChI is InChI=1S/C24H23N3O5S/c1-32-21-12-10-20(11-13-21)27-16-17(14-23(27)28)24(29)25-18-6-5-7-19(15-18)26-33(30,31)22-8-3-2-4-9-22/h2-13,15,17,26H,14,16H2,1H3,(H,25,29). The van der Waals surface area contributed by atoms with E-state index in [1.807, 2.05) is 0 Å². The minimum absolute atomic E-state index is 0.0954. The van der Waals surface area contributed by atoms with Gasteiger partial charge in [0, 0.05) is 24.3 Å². The number of methoxy groups -OCH3 is 1. The number of anilines is 3. The van der Waals surface area contributed by atoms with Crippen LogP contribution in [0.2, 0.25) is 0 Å². The van der Waals surface area contributed by atoms with E-state index in [0.717, 1.165) is 0 Å². The molecule has 33 heavy (non-hydrogen) atoms.